The van der Waals surface area contributed by atoms with Crippen LogP contribution >= 0.6 is 0 Å². The molecular weight excluding hydrogens is 420 g/mol. The Bertz CT molecular complexity index is 1450. The number of nitrogens with zero attached hydrogens (tertiary/aromatic N) is 3. The molecule has 4 aromatic rings. The monoisotopic (exact) mass is 440 g/mol. The van der Waals surface area contributed by atoms with Gasteiger partial charge < -0.3 is 5.73 Å². The number of hydrogen-bond acceptors (Lipinski definition) is 6. The lowest BCUT2D eigenvalue weighted by Crippen LogP contribution is -2.25. The molecule has 1 aliphatic heterocycles. The van der Waals surface area contributed by atoms with Crippen molar-refractivity contribution < 1.29 is 8.42 Å². The molecule has 158 valence electrons. The Morgan fingerprint density at radius 3 is 2.25 bits per heavy atom. The fraction of sp³-hybridized carbons (Fsp3) is 0.0800. The van der Waals surface area contributed by atoms with Crippen LogP contribution in [0.25, 0.3) is 11.1 Å². The van der Waals surface area contributed by atoms with Crippen LogP contribution in [0, 0.1) is 0 Å². The van der Waals surface area contributed by atoms with Crippen molar-refractivity contribution in [3.8, 4) is 11.1 Å². The average Bonchev–Trinajstić information content (AvgIpc) is 3.13. The van der Waals surface area contributed by atoms with Gasteiger partial charge in [-0.25, -0.2) is 23.4 Å². The molecular formula is C25H20N4O2S. The first-order chi connectivity index (χ1) is 15.4. The Kier molecular flexibility index (Phi) is 4.64. The van der Waals surface area contributed by atoms with Crippen molar-refractivity contribution in [3.05, 3.63) is 114 Å². The number of hydrogen-bond donors (Lipinski definition) is 1. The summed E-state index contributed by atoms with van der Waals surface area (Å²) in [5, 5.41) is 0. The molecule has 0 bridgehead atoms. The predicted octanol–water partition coefficient (Wildman–Crippen LogP) is 3.56. The Balaban J connectivity index is 1.77. The summed E-state index contributed by atoms with van der Waals surface area (Å²) in [6.07, 6.45) is 6.22. The standard InChI is InChI=1S/C25H20N4O2S/c1-32(30,31)21-11-9-19(10-12-21)25(23-8-3-2-7-22(23)24(26)29-25)20-6-4-5-17(13-20)18-14-27-16-28-15-18/h2-16H,1H3,(H2,26,29). The quantitative estimate of drug-likeness (QED) is 0.523. The minimum absolute atomic E-state index is 0.259. The maximum atomic E-state index is 12.0. The lowest BCUT2D eigenvalue weighted by molar-refractivity contribution is 0.601. The lowest BCUT2D eigenvalue weighted by atomic mass is 9.77. The molecule has 1 aromatic heterocycles. The van der Waals surface area contributed by atoms with E-state index in [1.165, 1.54) is 12.6 Å². The number of amidine groups is 1. The highest BCUT2D eigenvalue weighted by molar-refractivity contribution is 7.90. The van der Waals surface area contributed by atoms with Crippen molar-refractivity contribution in [1.29, 1.82) is 0 Å². The molecule has 0 fully saturated rings. The van der Waals surface area contributed by atoms with Gasteiger partial charge in [0.1, 0.15) is 17.7 Å². The second-order valence-electron chi connectivity index (χ2n) is 7.76. The Hall–Kier alpha value is -3.84. The van der Waals surface area contributed by atoms with Crippen molar-refractivity contribution in [1.82, 2.24) is 9.97 Å². The summed E-state index contributed by atoms with van der Waals surface area (Å²) >= 11 is 0. The maximum absolute atomic E-state index is 12.0. The van der Waals surface area contributed by atoms with Gasteiger partial charge in [-0.3, -0.25) is 0 Å². The first kappa shape index (κ1) is 20.1. The Labute approximate surface area is 186 Å². The van der Waals surface area contributed by atoms with Gasteiger partial charge in [0.15, 0.2) is 9.84 Å². The molecule has 0 amide bonds. The smallest absolute Gasteiger partial charge is 0.175 e. The highest BCUT2D eigenvalue weighted by atomic mass is 32.2. The van der Waals surface area contributed by atoms with E-state index in [-0.39, 0.29) is 4.90 Å². The van der Waals surface area contributed by atoms with E-state index in [1.807, 2.05) is 54.6 Å². The van der Waals surface area contributed by atoms with E-state index in [1.54, 1.807) is 24.5 Å². The van der Waals surface area contributed by atoms with Gasteiger partial charge in [-0.1, -0.05) is 54.6 Å². The second kappa shape index (κ2) is 7.39. The minimum atomic E-state index is -3.32. The number of aliphatic imine (C=N–C) groups is 1. The minimum Gasteiger partial charge on any atom is -0.383 e. The zero-order valence-electron chi connectivity index (χ0n) is 17.3. The van der Waals surface area contributed by atoms with Crippen molar-refractivity contribution in [3.63, 3.8) is 0 Å². The highest BCUT2D eigenvalue weighted by Gasteiger charge is 2.42. The molecule has 1 aliphatic rings. The topological polar surface area (TPSA) is 98.3 Å². The first-order valence-electron chi connectivity index (χ1n) is 10.0. The number of benzene rings is 3. The van der Waals surface area contributed by atoms with E-state index in [9.17, 15) is 8.42 Å². The Morgan fingerprint density at radius 2 is 1.53 bits per heavy atom. The van der Waals surface area contributed by atoms with Crippen LogP contribution in [0.1, 0.15) is 22.3 Å². The van der Waals surface area contributed by atoms with E-state index in [0.29, 0.717) is 5.84 Å². The zero-order valence-corrected chi connectivity index (χ0v) is 18.1. The van der Waals surface area contributed by atoms with Gasteiger partial charge in [0.05, 0.1) is 4.90 Å². The van der Waals surface area contributed by atoms with Gasteiger partial charge in [0.25, 0.3) is 0 Å². The van der Waals surface area contributed by atoms with Crippen molar-refractivity contribution >= 4 is 15.7 Å². The molecule has 0 aliphatic carbocycles. The summed E-state index contributed by atoms with van der Waals surface area (Å²) in [5.74, 6) is 0.446. The van der Waals surface area contributed by atoms with Gasteiger partial charge in [0.2, 0.25) is 0 Å². The van der Waals surface area contributed by atoms with Crippen LogP contribution in [0.4, 0.5) is 0 Å². The predicted molar refractivity (Wildman–Crippen MR) is 124 cm³/mol. The Morgan fingerprint density at radius 1 is 0.812 bits per heavy atom. The zero-order chi connectivity index (χ0) is 22.3. The van der Waals surface area contributed by atoms with Gasteiger partial charge in [-0.05, 0) is 40.5 Å². The molecule has 6 nitrogen and oxygen atoms in total. The fourth-order valence-electron chi connectivity index (χ4n) is 4.25. The van der Waals surface area contributed by atoms with Crippen LogP contribution in [-0.4, -0.2) is 30.5 Å². The summed E-state index contributed by atoms with van der Waals surface area (Å²) in [4.78, 5) is 13.5. The average molecular weight is 441 g/mol. The van der Waals surface area contributed by atoms with Crippen LogP contribution in [-0.2, 0) is 15.4 Å². The van der Waals surface area contributed by atoms with E-state index in [4.69, 9.17) is 10.7 Å². The van der Waals surface area contributed by atoms with Crippen LogP contribution in [0.3, 0.4) is 0 Å². The highest BCUT2D eigenvalue weighted by Crippen LogP contribution is 2.46. The lowest BCUT2D eigenvalue weighted by Gasteiger charge is -2.29. The van der Waals surface area contributed by atoms with Crippen molar-refractivity contribution in [2.45, 2.75) is 10.4 Å². The SMILES string of the molecule is CS(=O)(=O)c1ccc(C2(c3cccc(-c4cncnc4)c3)N=C(N)c3ccccc32)cc1. The normalized spacial score (nSPS) is 17.6. The van der Waals surface area contributed by atoms with Gasteiger partial charge in [0, 0.05) is 29.8 Å². The van der Waals surface area contributed by atoms with E-state index in [2.05, 4.69) is 16.0 Å². The van der Waals surface area contributed by atoms with Crippen LogP contribution in [0.5, 0.6) is 0 Å². The maximum Gasteiger partial charge on any atom is 0.175 e. The van der Waals surface area contributed by atoms with Crippen LogP contribution < -0.4 is 5.73 Å². The molecule has 0 saturated heterocycles. The summed E-state index contributed by atoms with van der Waals surface area (Å²) in [5.41, 5.74) is 10.9. The van der Waals surface area contributed by atoms with Crippen LogP contribution in [0.15, 0.2) is 101 Å². The van der Waals surface area contributed by atoms with Crippen LogP contribution in [0.2, 0.25) is 0 Å². The van der Waals surface area contributed by atoms with E-state index >= 15 is 0 Å². The fourth-order valence-corrected chi connectivity index (χ4v) is 4.88. The molecule has 0 saturated carbocycles. The molecule has 3 aromatic carbocycles. The van der Waals surface area contributed by atoms with Crippen molar-refractivity contribution in [2.24, 2.45) is 10.7 Å². The number of rotatable bonds is 4. The number of nitrogens with two attached hydrogens (primary N) is 1. The summed E-state index contributed by atoms with van der Waals surface area (Å²) in [6.45, 7) is 0. The molecule has 1 unspecified atom stereocenters. The molecule has 2 heterocycles. The molecule has 5 rings (SSSR count). The number of aromatic nitrogens is 2. The van der Waals surface area contributed by atoms with Gasteiger partial charge in [-0.15, -0.1) is 0 Å². The largest absolute Gasteiger partial charge is 0.383 e. The number of fused-ring (bicyclic) bond motifs is 1. The van der Waals surface area contributed by atoms with Gasteiger partial charge >= 0.3 is 0 Å². The summed E-state index contributed by atoms with van der Waals surface area (Å²) < 4.78 is 24.0. The molecule has 0 radical (unpaired) electrons. The van der Waals surface area contributed by atoms with E-state index in [0.717, 1.165) is 33.4 Å². The molecule has 1 atom stereocenters. The summed E-state index contributed by atoms with van der Waals surface area (Å²) in [6, 6.07) is 22.8. The number of sulfone groups is 1. The van der Waals surface area contributed by atoms with Crippen molar-refractivity contribution in [2.75, 3.05) is 6.26 Å². The molecule has 7 heteroatoms. The van der Waals surface area contributed by atoms with E-state index < -0.39 is 15.4 Å². The third-order valence-electron chi connectivity index (χ3n) is 5.76. The molecule has 0 spiro atoms. The third-order valence-corrected chi connectivity index (χ3v) is 6.88. The van der Waals surface area contributed by atoms with Gasteiger partial charge in [-0.2, -0.15) is 0 Å². The molecule has 32 heavy (non-hydrogen) atoms. The first-order valence-corrected chi connectivity index (χ1v) is 11.9. The molecule has 2 N–H and O–H groups in total. The third kappa shape index (κ3) is 3.18. The second-order valence-corrected chi connectivity index (χ2v) is 9.77. The summed E-state index contributed by atoms with van der Waals surface area (Å²) in [7, 11) is -3.32.